The van der Waals surface area contributed by atoms with E-state index in [0.29, 0.717) is 34.3 Å². The summed E-state index contributed by atoms with van der Waals surface area (Å²) in [5.74, 6) is 2.26. The Labute approximate surface area is 175 Å². The molecular formula is C22H26O8. The molecule has 30 heavy (non-hydrogen) atoms. The fourth-order valence-corrected chi connectivity index (χ4v) is 2.99. The van der Waals surface area contributed by atoms with Gasteiger partial charge >= 0.3 is 0 Å². The smallest absolute Gasteiger partial charge is 0.193 e. The lowest BCUT2D eigenvalue weighted by atomic mass is 10.0. The molecule has 0 aliphatic carbocycles. The second-order valence-corrected chi connectivity index (χ2v) is 5.87. The van der Waals surface area contributed by atoms with Gasteiger partial charge in [-0.2, -0.15) is 0 Å². The van der Waals surface area contributed by atoms with Crippen LogP contribution in [0.2, 0.25) is 0 Å². The molecule has 162 valence electrons. The standard InChI is InChI=1S/C22H26O8/c1-24-14-10-13(20(28-5)16(11-14)25-2)8-9-15(23)19-21(29-6)17(26-3)12-18(27-4)22(19)30-7/h8-12H,1-7H3/b9-8+. The minimum atomic E-state index is -0.385. The zero-order valence-corrected chi connectivity index (χ0v) is 18.2. The number of benzene rings is 2. The van der Waals surface area contributed by atoms with Crippen molar-refractivity contribution in [2.75, 3.05) is 49.8 Å². The lowest BCUT2D eigenvalue weighted by Crippen LogP contribution is -2.06. The highest BCUT2D eigenvalue weighted by atomic mass is 16.5. The van der Waals surface area contributed by atoms with E-state index in [1.54, 1.807) is 24.3 Å². The molecule has 0 saturated carbocycles. The van der Waals surface area contributed by atoms with E-state index >= 15 is 0 Å². The van der Waals surface area contributed by atoms with Gasteiger partial charge in [-0.25, -0.2) is 0 Å². The summed E-state index contributed by atoms with van der Waals surface area (Å²) in [6.45, 7) is 0. The summed E-state index contributed by atoms with van der Waals surface area (Å²) in [7, 11) is 10.4. The van der Waals surface area contributed by atoms with Crippen molar-refractivity contribution in [2.45, 2.75) is 0 Å². The third-order valence-corrected chi connectivity index (χ3v) is 4.39. The van der Waals surface area contributed by atoms with Crippen LogP contribution < -0.4 is 33.2 Å². The lowest BCUT2D eigenvalue weighted by Gasteiger charge is -2.17. The van der Waals surface area contributed by atoms with Crippen LogP contribution in [-0.2, 0) is 0 Å². The van der Waals surface area contributed by atoms with Crippen LogP contribution in [-0.4, -0.2) is 55.6 Å². The van der Waals surface area contributed by atoms with Crippen molar-refractivity contribution in [1.29, 1.82) is 0 Å². The van der Waals surface area contributed by atoms with Crippen molar-refractivity contribution in [3.8, 4) is 40.2 Å². The number of hydrogen-bond acceptors (Lipinski definition) is 8. The molecule has 2 aromatic rings. The number of methoxy groups -OCH3 is 7. The minimum Gasteiger partial charge on any atom is -0.497 e. The third-order valence-electron chi connectivity index (χ3n) is 4.39. The zero-order valence-electron chi connectivity index (χ0n) is 18.2. The van der Waals surface area contributed by atoms with Crippen LogP contribution in [0.3, 0.4) is 0 Å². The predicted octanol–water partition coefficient (Wildman–Crippen LogP) is 3.64. The maximum atomic E-state index is 13.2. The van der Waals surface area contributed by atoms with Gasteiger partial charge in [-0.1, -0.05) is 0 Å². The van der Waals surface area contributed by atoms with E-state index in [4.69, 9.17) is 33.2 Å². The zero-order chi connectivity index (χ0) is 22.3. The van der Waals surface area contributed by atoms with Crippen molar-refractivity contribution in [1.82, 2.24) is 0 Å². The molecule has 2 aromatic carbocycles. The monoisotopic (exact) mass is 418 g/mol. The van der Waals surface area contributed by atoms with E-state index in [1.807, 2.05) is 0 Å². The molecule has 0 radical (unpaired) electrons. The summed E-state index contributed by atoms with van der Waals surface area (Å²) in [6, 6.07) is 5.01. The molecule has 0 aromatic heterocycles. The summed E-state index contributed by atoms with van der Waals surface area (Å²) >= 11 is 0. The van der Waals surface area contributed by atoms with Crippen molar-refractivity contribution < 1.29 is 38.0 Å². The summed E-state index contributed by atoms with van der Waals surface area (Å²) in [6.07, 6.45) is 2.97. The second kappa shape index (κ2) is 10.3. The molecule has 0 fully saturated rings. The van der Waals surface area contributed by atoms with Gasteiger partial charge in [0.2, 0.25) is 0 Å². The van der Waals surface area contributed by atoms with E-state index in [0.717, 1.165) is 0 Å². The Balaban J connectivity index is 2.61. The first-order chi connectivity index (χ1) is 14.5. The number of hydrogen-bond donors (Lipinski definition) is 0. The fraction of sp³-hybridized carbons (Fsp3) is 0.318. The fourth-order valence-electron chi connectivity index (χ4n) is 2.99. The van der Waals surface area contributed by atoms with Crippen molar-refractivity contribution >= 4 is 11.9 Å². The van der Waals surface area contributed by atoms with Crippen molar-refractivity contribution in [3.63, 3.8) is 0 Å². The molecule has 0 saturated heterocycles. The predicted molar refractivity (Wildman–Crippen MR) is 112 cm³/mol. The van der Waals surface area contributed by atoms with Gasteiger partial charge < -0.3 is 33.2 Å². The first-order valence-electron chi connectivity index (χ1n) is 8.88. The molecule has 0 aliphatic heterocycles. The Kier molecular flexibility index (Phi) is 7.80. The lowest BCUT2D eigenvalue weighted by molar-refractivity contribution is 0.104. The van der Waals surface area contributed by atoms with Gasteiger partial charge in [0.05, 0.1) is 49.8 Å². The van der Waals surface area contributed by atoms with Crippen LogP contribution >= 0.6 is 0 Å². The number of carbonyl (C=O) groups is 1. The Hall–Kier alpha value is -3.55. The number of allylic oxidation sites excluding steroid dienone is 1. The van der Waals surface area contributed by atoms with Crippen LogP contribution in [0.4, 0.5) is 0 Å². The first kappa shape index (κ1) is 22.7. The Bertz CT molecular complexity index is 903. The molecule has 0 heterocycles. The average Bonchev–Trinajstić information content (AvgIpc) is 2.79. The Morgan fingerprint density at radius 2 is 1.13 bits per heavy atom. The minimum absolute atomic E-state index is 0.168. The topological polar surface area (TPSA) is 81.7 Å². The van der Waals surface area contributed by atoms with Crippen molar-refractivity contribution in [3.05, 3.63) is 35.4 Å². The highest BCUT2D eigenvalue weighted by molar-refractivity contribution is 6.11. The maximum absolute atomic E-state index is 13.2. The van der Waals surface area contributed by atoms with E-state index < -0.39 is 0 Å². The Morgan fingerprint density at radius 1 is 0.633 bits per heavy atom. The Morgan fingerprint density at radius 3 is 1.57 bits per heavy atom. The molecule has 0 aliphatic rings. The number of rotatable bonds is 10. The largest absolute Gasteiger partial charge is 0.497 e. The quantitative estimate of drug-likeness (QED) is 0.427. The SMILES string of the molecule is COc1cc(/C=C/C(=O)c2c(OC)c(OC)cc(OC)c2OC)c(OC)c(OC)c1. The number of ether oxygens (including phenoxy) is 7. The average molecular weight is 418 g/mol. The van der Waals surface area contributed by atoms with Crippen LogP contribution in [0.5, 0.6) is 40.2 Å². The van der Waals surface area contributed by atoms with E-state index in [2.05, 4.69) is 0 Å². The number of ketones is 1. The molecule has 0 bridgehead atoms. The number of carbonyl (C=O) groups excluding carboxylic acids is 1. The van der Waals surface area contributed by atoms with Gasteiger partial charge in [0.1, 0.15) is 11.3 Å². The molecule has 0 atom stereocenters. The van der Waals surface area contributed by atoms with Gasteiger partial charge in [-0.3, -0.25) is 4.79 Å². The summed E-state index contributed by atoms with van der Waals surface area (Å²) in [5, 5.41) is 0. The molecule has 8 heteroatoms. The maximum Gasteiger partial charge on any atom is 0.193 e. The van der Waals surface area contributed by atoms with Gasteiger partial charge in [0.15, 0.2) is 40.3 Å². The summed E-state index contributed by atoms with van der Waals surface area (Å²) in [5.41, 5.74) is 0.760. The molecular weight excluding hydrogens is 392 g/mol. The molecule has 2 rings (SSSR count). The van der Waals surface area contributed by atoms with Gasteiger partial charge in [-0.15, -0.1) is 0 Å². The van der Waals surface area contributed by atoms with Crippen LogP contribution in [0, 0.1) is 0 Å². The summed E-state index contributed by atoms with van der Waals surface area (Å²) < 4.78 is 37.6. The van der Waals surface area contributed by atoms with Gasteiger partial charge in [0, 0.05) is 17.7 Å². The first-order valence-corrected chi connectivity index (χ1v) is 8.88. The highest BCUT2D eigenvalue weighted by Gasteiger charge is 2.25. The van der Waals surface area contributed by atoms with E-state index in [1.165, 1.54) is 55.8 Å². The molecule has 0 unspecified atom stereocenters. The van der Waals surface area contributed by atoms with Crippen LogP contribution in [0.1, 0.15) is 15.9 Å². The third kappa shape index (κ3) is 4.37. The molecule has 0 spiro atoms. The molecule has 0 N–H and O–H groups in total. The highest BCUT2D eigenvalue weighted by Crippen LogP contribution is 2.45. The van der Waals surface area contributed by atoms with E-state index in [-0.39, 0.29) is 22.8 Å². The van der Waals surface area contributed by atoms with Crippen LogP contribution in [0.25, 0.3) is 6.08 Å². The normalized spacial score (nSPS) is 10.5. The molecule has 8 nitrogen and oxygen atoms in total. The summed E-state index contributed by atoms with van der Waals surface area (Å²) in [4.78, 5) is 13.2. The second-order valence-electron chi connectivity index (χ2n) is 5.87. The van der Waals surface area contributed by atoms with Crippen molar-refractivity contribution in [2.24, 2.45) is 0 Å². The van der Waals surface area contributed by atoms with Gasteiger partial charge in [0.25, 0.3) is 0 Å². The van der Waals surface area contributed by atoms with Crippen LogP contribution in [0.15, 0.2) is 24.3 Å². The molecule has 0 amide bonds. The van der Waals surface area contributed by atoms with E-state index in [9.17, 15) is 4.79 Å². The van der Waals surface area contributed by atoms with Gasteiger partial charge in [-0.05, 0) is 18.2 Å².